The van der Waals surface area contributed by atoms with Crippen molar-refractivity contribution in [3.8, 4) is 11.5 Å². The van der Waals surface area contributed by atoms with Gasteiger partial charge in [-0.05, 0) is 47.9 Å². The number of unbranched alkanes of at least 4 members (excludes halogenated alkanes) is 14. The maximum atomic E-state index is 12.1. The lowest BCUT2D eigenvalue weighted by molar-refractivity contribution is -0.121. The van der Waals surface area contributed by atoms with E-state index >= 15 is 0 Å². The molecule has 1 N–H and O–H groups in total. The van der Waals surface area contributed by atoms with Crippen LogP contribution in [0.15, 0.2) is 47.6 Å². The lowest BCUT2D eigenvalue weighted by Gasteiger charge is -2.11. The van der Waals surface area contributed by atoms with Gasteiger partial charge in [0.05, 0.1) is 13.3 Å². The molecule has 2 aromatic carbocycles. The third-order valence-electron chi connectivity index (χ3n) is 6.91. The predicted molar refractivity (Wildman–Crippen MR) is 164 cm³/mol. The van der Waals surface area contributed by atoms with Crippen LogP contribution < -0.4 is 14.9 Å². The topological polar surface area (TPSA) is 59.9 Å². The zero-order valence-corrected chi connectivity index (χ0v) is 24.9. The number of nitrogens with one attached hydrogen (secondary N) is 1. The zero-order chi connectivity index (χ0) is 28.0. The van der Waals surface area contributed by atoms with Crippen LogP contribution in [0, 0.1) is 0 Å². The second-order valence-electron chi connectivity index (χ2n) is 10.3. The van der Waals surface area contributed by atoms with Gasteiger partial charge in [-0.25, -0.2) is 5.43 Å². The maximum Gasteiger partial charge on any atom is 0.240 e. The van der Waals surface area contributed by atoms with Crippen molar-refractivity contribution in [3.63, 3.8) is 0 Å². The van der Waals surface area contributed by atoms with E-state index in [2.05, 4.69) is 17.5 Å². The second-order valence-corrected chi connectivity index (χ2v) is 10.8. The second kappa shape index (κ2) is 21.3. The van der Waals surface area contributed by atoms with Gasteiger partial charge in [0.25, 0.3) is 0 Å². The van der Waals surface area contributed by atoms with Crippen LogP contribution in [0.2, 0.25) is 5.02 Å². The van der Waals surface area contributed by atoms with Crippen molar-refractivity contribution < 1.29 is 14.3 Å². The van der Waals surface area contributed by atoms with E-state index in [0.717, 1.165) is 24.0 Å². The number of hydrogen-bond donors (Lipinski definition) is 1. The van der Waals surface area contributed by atoms with Gasteiger partial charge in [0.15, 0.2) is 11.5 Å². The van der Waals surface area contributed by atoms with E-state index in [1.807, 2.05) is 42.5 Å². The molecule has 6 heteroatoms. The molecule has 0 unspecified atom stereocenters. The molecule has 216 valence electrons. The van der Waals surface area contributed by atoms with Crippen molar-refractivity contribution in [3.05, 3.63) is 58.6 Å². The molecule has 39 heavy (non-hydrogen) atoms. The highest BCUT2D eigenvalue weighted by Gasteiger charge is 2.06. The molecule has 2 rings (SSSR count). The monoisotopic (exact) mass is 556 g/mol. The molecule has 0 heterocycles. The van der Waals surface area contributed by atoms with Gasteiger partial charge < -0.3 is 9.47 Å². The SMILES string of the molecule is CCCCCCCCCCCCCCCCCC(=O)N/N=C/c1ccc(OCc2ccc(Cl)cc2)c(OC)c1. The van der Waals surface area contributed by atoms with Crippen molar-refractivity contribution in [2.45, 2.75) is 116 Å². The zero-order valence-electron chi connectivity index (χ0n) is 24.2. The standard InChI is InChI=1S/C33H49ClN2O3/c1-3-4-5-6-7-8-9-10-11-12-13-14-15-16-17-18-33(37)36-35-26-29-21-24-31(32(25-29)38-2)39-27-28-19-22-30(34)23-20-28/h19-26H,3-18,27H2,1-2H3,(H,36,37)/b35-26+. The Morgan fingerprint density at radius 3 is 1.92 bits per heavy atom. The summed E-state index contributed by atoms with van der Waals surface area (Å²) in [5.41, 5.74) is 4.47. The van der Waals surface area contributed by atoms with E-state index < -0.39 is 0 Å². The largest absolute Gasteiger partial charge is 0.493 e. The first-order valence-corrected chi connectivity index (χ1v) is 15.4. The summed E-state index contributed by atoms with van der Waals surface area (Å²) in [5.74, 6) is 1.20. The number of carbonyl (C=O) groups is 1. The number of hydrazone groups is 1. The van der Waals surface area contributed by atoms with Crippen LogP contribution in [0.5, 0.6) is 11.5 Å². The summed E-state index contributed by atoms with van der Waals surface area (Å²) in [5, 5.41) is 4.80. The smallest absolute Gasteiger partial charge is 0.240 e. The fraction of sp³-hybridized carbons (Fsp3) is 0.576. The van der Waals surface area contributed by atoms with Gasteiger partial charge in [-0.15, -0.1) is 0 Å². The number of carbonyl (C=O) groups excluding carboxylic acids is 1. The number of hydrogen-bond acceptors (Lipinski definition) is 4. The molecule has 0 aliphatic rings. The highest BCUT2D eigenvalue weighted by atomic mass is 35.5. The van der Waals surface area contributed by atoms with Gasteiger partial charge >= 0.3 is 0 Å². The Morgan fingerprint density at radius 2 is 1.36 bits per heavy atom. The van der Waals surface area contributed by atoms with Crippen LogP contribution in [-0.4, -0.2) is 19.2 Å². The number of nitrogens with zero attached hydrogens (tertiary/aromatic N) is 1. The molecule has 0 aliphatic carbocycles. The summed E-state index contributed by atoms with van der Waals surface area (Å²) in [6.45, 7) is 2.69. The first-order chi connectivity index (χ1) is 19.1. The first-order valence-electron chi connectivity index (χ1n) is 15.0. The molecule has 2 aromatic rings. The molecule has 0 bridgehead atoms. The summed E-state index contributed by atoms with van der Waals surface area (Å²) in [7, 11) is 1.60. The molecule has 0 radical (unpaired) electrons. The summed E-state index contributed by atoms with van der Waals surface area (Å²) in [4.78, 5) is 12.1. The Balaban J connectivity index is 1.51. The quantitative estimate of drug-likeness (QED) is 0.0891. The molecule has 0 spiro atoms. The minimum absolute atomic E-state index is 0.0455. The third kappa shape index (κ3) is 15.6. The van der Waals surface area contributed by atoms with Gasteiger partial charge in [0.1, 0.15) is 6.61 Å². The Bertz CT molecular complexity index is 946. The van der Waals surface area contributed by atoms with Crippen LogP contribution in [0.1, 0.15) is 121 Å². The van der Waals surface area contributed by atoms with Gasteiger partial charge in [0, 0.05) is 11.4 Å². The van der Waals surface area contributed by atoms with Crippen molar-refractivity contribution in [2.75, 3.05) is 7.11 Å². The molecular weight excluding hydrogens is 508 g/mol. The van der Waals surface area contributed by atoms with Crippen LogP contribution in [-0.2, 0) is 11.4 Å². The number of amides is 1. The van der Waals surface area contributed by atoms with Crippen molar-refractivity contribution >= 4 is 23.7 Å². The number of rotatable bonds is 22. The molecule has 0 aromatic heterocycles. The van der Waals surface area contributed by atoms with Gasteiger partial charge in [-0.3, -0.25) is 4.79 Å². The van der Waals surface area contributed by atoms with Gasteiger partial charge in [-0.1, -0.05) is 121 Å². The van der Waals surface area contributed by atoms with E-state index in [1.165, 1.54) is 83.5 Å². The molecule has 0 aliphatic heterocycles. The summed E-state index contributed by atoms with van der Waals surface area (Å²) >= 11 is 5.94. The Labute approximate surface area is 241 Å². The maximum absolute atomic E-state index is 12.1. The van der Waals surface area contributed by atoms with Crippen LogP contribution in [0.4, 0.5) is 0 Å². The highest BCUT2D eigenvalue weighted by molar-refractivity contribution is 6.30. The lowest BCUT2D eigenvalue weighted by atomic mass is 10.0. The average Bonchev–Trinajstić information content (AvgIpc) is 2.95. The number of benzene rings is 2. The third-order valence-corrected chi connectivity index (χ3v) is 7.16. The van der Waals surface area contributed by atoms with E-state index in [9.17, 15) is 4.79 Å². The first kappa shape index (κ1) is 32.7. The number of ether oxygens (including phenoxy) is 2. The van der Waals surface area contributed by atoms with Crippen molar-refractivity contribution in [1.29, 1.82) is 0 Å². The minimum atomic E-state index is -0.0455. The summed E-state index contributed by atoms with van der Waals surface area (Å²) < 4.78 is 11.4. The molecule has 0 atom stereocenters. The molecule has 0 saturated carbocycles. The fourth-order valence-electron chi connectivity index (χ4n) is 4.52. The number of halogens is 1. The summed E-state index contributed by atoms with van der Waals surface area (Å²) in [6.07, 6.45) is 21.9. The van der Waals surface area contributed by atoms with Gasteiger partial charge in [0.2, 0.25) is 5.91 Å². The van der Waals surface area contributed by atoms with E-state index in [-0.39, 0.29) is 5.91 Å². The molecule has 0 saturated heterocycles. The van der Waals surface area contributed by atoms with Crippen LogP contribution in [0.25, 0.3) is 0 Å². The predicted octanol–water partition coefficient (Wildman–Crippen LogP) is 9.64. The lowest BCUT2D eigenvalue weighted by Crippen LogP contribution is -2.16. The average molecular weight is 557 g/mol. The molecule has 1 amide bonds. The minimum Gasteiger partial charge on any atom is -0.493 e. The highest BCUT2D eigenvalue weighted by Crippen LogP contribution is 2.28. The van der Waals surface area contributed by atoms with E-state index in [1.54, 1.807) is 13.3 Å². The Morgan fingerprint density at radius 1 is 0.795 bits per heavy atom. The Hall–Kier alpha value is -2.53. The van der Waals surface area contributed by atoms with Crippen molar-refractivity contribution in [1.82, 2.24) is 5.43 Å². The van der Waals surface area contributed by atoms with Gasteiger partial charge in [-0.2, -0.15) is 5.10 Å². The fourth-order valence-corrected chi connectivity index (χ4v) is 4.64. The molecule has 0 fully saturated rings. The molecular formula is C33H49ClN2O3. The van der Waals surface area contributed by atoms with Crippen LogP contribution in [0.3, 0.4) is 0 Å². The number of methoxy groups -OCH3 is 1. The van der Waals surface area contributed by atoms with E-state index in [0.29, 0.717) is 29.5 Å². The normalized spacial score (nSPS) is 11.2. The molecule has 5 nitrogen and oxygen atoms in total. The van der Waals surface area contributed by atoms with Crippen molar-refractivity contribution in [2.24, 2.45) is 5.10 Å². The summed E-state index contributed by atoms with van der Waals surface area (Å²) in [6, 6.07) is 13.1. The van der Waals surface area contributed by atoms with Crippen LogP contribution >= 0.6 is 11.6 Å². The Kier molecular flexibility index (Phi) is 17.9. The van der Waals surface area contributed by atoms with E-state index in [4.69, 9.17) is 21.1 Å².